The van der Waals surface area contributed by atoms with Gasteiger partial charge in [0.05, 0.1) is 29.7 Å². The van der Waals surface area contributed by atoms with E-state index in [4.69, 9.17) is 16.3 Å². The van der Waals surface area contributed by atoms with Crippen LogP contribution in [-0.2, 0) is 5.88 Å². The van der Waals surface area contributed by atoms with Gasteiger partial charge in [-0.1, -0.05) is 0 Å². The molecule has 0 spiro atoms. The van der Waals surface area contributed by atoms with Crippen molar-refractivity contribution in [3.63, 3.8) is 0 Å². The van der Waals surface area contributed by atoms with Crippen molar-refractivity contribution < 1.29 is 9.13 Å². The zero-order valence-electron chi connectivity index (χ0n) is 11.1. The molecule has 0 saturated heterocycles. The number of ether oxygens (including phenoxy) is 1. The molecule has 3 rings (SSSR count). The minimum atomic E-state index is -0.396. The van der Waals surface area contributed by atoms with Gasteiger partial charge in [-0.15, -0.1) is 11.6 Å². The van der Waals surface area contributed by atoms with Crippen LogP contribution in [0.25, 0.3) is 16.7 Å². The van der Waals surface area contributed by atoms with Crippen LogP contribution in [0.15, 0.2) is 36.4 Å². The van der Waals surface area contributed by atoms with E-state index in [9.17, 15) is 4.39 Å². The lowest BCUT2D eigenvalue weighted by atomic mass is 10.2. The molecule has 6 heteroatoms. The summed E-state index contributed by atoms with van der Waals surface area (Å²) < 4.78 is 21.6. The van der Waals surface area contributed by atoms with E-state index in [1.54, 1.807) is 12.1 Å². The van der Waals surface area contributed by atoms with Crippen molar-refractivity contribution in [2.45, 2.75) is 5.88 Å². The lowest BCUT2D eigenvalue weighted by molar-refractivity contribution is 0.386. The second kappa shape index (κ2) is 5.81. The molecule has 21 heavy (non-hydrogen) atoms. The first-order chi connectivity index (χ1) is 10.1. The number of nitrogens with zero attached hydrogens (tertiary/aromatic N) is 2. The normalized spacial score (nSPS) is 11.0. The molecule has 0 saturated carbocycles. The molecule has 0 aliphatic heterocycles. The van der Waals surface area contributed by atoms with Crippen molar-refractivity contribution in [2.75, 3.05) is 7.11 Å². The molecule has 0 aliphatic carbocycles. The van der Waals surface area contributed by atoms with Crippen molar-refractivity contribution in [1.82, 2.24) is 9.55 Å². The SMILES string of the molecule is COc1cc(-n2c(CCl)nc3cc(I)ccc32)ccc1F. The Morgan fingerprint density at radius 2 is 2.10 bits per heavy atom. The van der Waals surface area contributed by atoms with Crippen LogP contribution in [0.3, 0.4) is 0 Å². The number of imidazole rings is 1. The number of rotatable bonds is 3. The Morgan fingerprint density at radius 3 is 2.81 bits per heavy atom. The fourth-order valence-corrected chi connectivity index (χ4v) is 2.92. The van der Waals surface area contributed by atoms with Crippen molar-refractivity contribution in [3.05, 3.63) is 51.6 Å². The molecule has 0 unspecified atom stereocenters. The highest BCUT2D eigenvalue weighted by Gasteiger charge is 2.14. The largest absolute Gasteiger partial charge is 0.494 e. The molecule has 0 aliphatic rings. The molecule has 1 heterocycles. The van der Waals surface area contributed by atoms with E-state index in [1.807, 2.05) is 22.8 Å². The summed E-state index contributed by atoms with van der Waals surface area (Å²) in [5.74, 6) is 0.778. The van der Waals surface area contributed by atoms with Crippen LogP contribution in [-0.4, -0.2) is 16.7 Å². The molecule has 3 aromatic rings. The number of methoxy groups -OCH3 is 1. The van der Waals surface area contributed by atoms with Crippen LogP contribution in [0.2, 0.25) is 0 Å². The number of hydrogen-bond acceptors (Lipinski definition) is 2. The maximum atomic E-state index is 13.6. The summed E-state index contributed by atoms with van der Waals surface area (Å²) in [5, 5.41) is 0. The third kappa shape index (κ3) is 2.60. The number of halogens is 3. The number of hydrogen-bond donors (Lipinski definition) is 0. The average Bonchev–Trinajstić information content (AvgIpc) is 2.85. The van der Waals surface area contributed by atoms with Crippen molar-refractivity contribution >= 4 is 45.2 Å². The van der Waals surface area contributed by atoms with E-state index in [0.717, 1.165) is 20.3 Å². The van der Waals surface area contributed by atoms with Gasteiger partial charge in [-0.2, -0.15) is 0 Å². The summed E-state index contributed by atoms with van der Waals surface area (Å²) in [6.07, 6.45) is 0. The summed E-state index contributed by atoms with van der Waals surface area (Å²) >= 11 is 8.25. The van der Waals surface area contributed by atoms with Gasteiger partial charge in [-0.25, -0.2) is 9.37 Å². The minimum absolute atomic E-state index is 0.195. The highest BCUT2D eigenvalue weighted by Crippen LogP contribution is 2.27. The Morgan fingerprint density at radius 1 is 1.29 bits per heavy atom. The molecule has 108 valence electrons. The molecule has 3 nitrogen and oxygen atoms in total. The molecule has 0 bridgehead atoms. The van der Waals surface area contributed by atoms with Gasteiger partial charge < -0.3 is 4.74 Å². The third-order valence-electron chi connectivity index (χ3n) is 3.20. The first kappa shape index (κ1) is 14.6. The quantitative estimate of drug-likeness (QED) is 0.464. The fourth-order valence-electron chi connectivity index (χ4n) is 2.27. The van der Waals surface area contributed by atoms with Crippen LogP contribution in [0.5, 0.6) is 5.75 Å². The van der Waals surface area contributed by atoms with Gasteiger partial charge in [0.1, 0.15) is 5.82 Å². The van der Waals surface area contributed by atoms with E-state index < -0.39 is 5.82 Å². The Bertz CT molecular complexity index is 819. The number of benzene rings is 2. The topological polar surface area (TPSA) is 27.1 Å². The number of aromatic nitrogens is 2. The van der Waals surface area contributed by atoms with Crippen molar-refractivity contribution in [3.8, 4) is 11.4 Å². The fraction of sp³-hybridized carbons (Fsp3) is 0.133. The molecule has 0 fully saturated rings. The summed E-state index contributed by atoms with van der Waals surface area (Å²) in [6, 6.07) is 10.7. The zero-order chi connectivity index (χ0) is 15.0. The van der Waals surface area contributed by atoms with Crippen LogP contribution in [0.1, 0.15) is 5.82 Å². The second-order valence-corrected chi connectivity index (χ2v) is 5.96. The Kier molecular flexibility index (Phi) is 4.03. The van der Waals surface area contributed by atoms with E-state index in [0.29, 0.717) is 5.82 Å². The van der Waals surface area contributed by atoms with E-state index in [2.05, 4.69) is 27.6 Å². The van der Waals surface area contributed by atoms with Crippen LogP contribution < -0.4 is 4.74 Å². The van der Waals surface area contributed by atoms with Crippen LogP contribution in [0, 0.1) is 9.39 Å². The number of alkyl halides is 1. The molecule has 1 aromatic heterocycles. The standard InChI is InChI=1S/C15H11ClFIN2O/c1-21-14-7-10(3-4-11(14)17)20-13-5-2-9(18)6-12(13)19-15(20)8-16/h2-7H,8H2,1H3. The van der Waals surface area contributed by atoms with Gasteiger partial charge in [0, 0.05) is 9.64 Å². The first-order valence-corrected chi connectivity index (χ1v) is 7.82. The van der Waals surface area contributed by atoms with Gasteiger partial charge >= 0.3 is 0 Å². The molecule has 0 atom stereocenters. The van der Waals surface area contributed by atoms with E-state index in [-0.39, 0.29) is 11.6 Å². The van der Waals surface area contributed by atoms with E-state index in [1.165, 1.54) is 13.2 Å². The monoisotopic (exact) mass is 416 g/mol. The smallest absolute Gasteiger partial charge is 0.165 e. The summed E-state index contributed by atoms with van der Waals surface area (Å²) in [5.41, 5.74) is 2.56. The number of fused-ring (bicyclic) bond motifs is 1. The highest BCUT2D eigenvalue weighted by molar-refractivity contribution is 14.1. The van der Waals surface area contributed by atoms with Crippen LogP contribution in [0.4, 0.5) is 4.39 Å². The average molecular weight is 417 g/mol. The Labute approximate surface area is 139 Å². The molecular weight excluding hydrogens is 406 g/mol. The molecule has 0 radical (unpaired) electrons. The summed E-state index contributed by atoms with van der Waals surface area (Å²) in [4.78, 5) is 4.54. The molecule has 0 N–H and O–H groups in total. The predicted octanol–water partition coefficient (Wildman–Crippen LogP) is 4.52. The Balaban J connectivity index is 2.28. The third-order valence-corrected chi connectivity index (χ3v) is 4.11. The van der Waals surface area contributed by atoms with Gasteiger partial charge in [-0.05, 0) is 52.9 Å². The first-order valence-electron chi connectivity index (χ1n) is 6.21. The molecule has 2 aromatic carbocycles. The van der Waals surface area contributed by atoms with Crippen molar-refractivity contribution in [2.24, 2.45) is 0 Å². The summed E-state index contributed by atoms with van der Waals surface area (Å²) in [7, 11) is 1.44. The predicted molar refractivity (Wildman–Crippen MR) is 89.9 cm³/mol. The minimum Gasteiger partial charge on any atom is -0.494 e. The molecule has 0 amide bonds. The van der Waals surface area contributed by atoms with Crippen molar-refractivity contribution in [1.29, 1.82) is 0 Å². The Hall–Kier alpha value is -1.34. The van der Waals surface area contributed by atoms with Gasteiger partial charge in [-0.3, -0.25) is 4.57 Å². The van der Waals surface area contributed by atoms with E-state index >= 15 is 0 Å². The maximum absolute atomic E-state index is 13.6. The lowest BCUT2D eigenvalue weighted by Crippen LogP contribution is -2.00. The van der Waals surface area contributed by atoms with Crippen LogP contribution >= 0.6 is 34.2 Å². The van der Waals surface area contributed by atoms with Gasteiger partial charge in [0.25, 0.3) is 0 Å². The lowest BCUT2D eigenvalue weighted by Gasteiger charge is -2.10. The molecular formula is C15H11ClFIN2O. The highest BCUT2D eigenvalue weighted by atomic mass is 127. The maximum Gasteiger partial charge on any atom is 0.165 e. The van der Waals surface area contributed by atoms with Gasteiger partial charge in [0.2, 0.25) is 0 Å². The zero-order valence-corrected chi connectivity index (χ0v) is 14.0. The summed E-state index contributed by atoms with van der Waals surface area (Å²) in [6.45, 7) is 0. The second-order valence-electron chi connectivity index (χ2n) is 4.45. The van der Waals surface area contributed by atoms with Gasteiger partial charge in [0.15, 0.2) is 11.6 Å².